The number of aryl methyl sites for hydroxylation is 1. The molecule has 144 valence electrons. The number of carbonyl (C=O) groups is 1. The third-order valence-electron chi connectivity index (χ3n) is 4.03. The van der Waals surface area contributed by atoms with Gasteiger partial charge in [0.05, 0.1) is 24.8 Å². The van der Waals surface area contributed by atoms with Crippen molar-refractivity contribution in [3.8, 4) is 22.8 Å². The molecule has 0 aliphatic rings. The van der Waals surface area contributed by atoms with E-state index >= 15 is 0 Å². The number of amides is 1. The number of methoxy groups -OCH3 is 2. The zero-order chi connectivity index (χ0) is 20.3. The van der Waals surface area contributed by atoms with E-state index in [4.69, 9.17) is 9.47 Å². The molecule has 9 heteroatoms. The third-order valence-corrected chi connectivity index (χ3v) is 4.91. The molecule has 0 saturated carbocycles. The lowest BCUT2D eigenvalue weighted by Crippen LogP contribution is -2.13. The number of aromatic nitrogens is 1. The van der Waals surface area contributed by atoms with Gasteiger partial charge in [0.15, 0.2) is 5.13 Å². The van der Waals surface area contributed by atoms with Crippen molar-refractivity contribution < 1.29 is 19.2 Å². The Morgan fingerprint density at radius 1 is 1.18 bits per heavy atom. The Kier molecular flexibility index (Phi) is 5.55. The monoisotopic (exact) mass is 399 g/mol. The first kappa shape index (κ1) is 19.3. The molecule has 0 saturated heterocycles. The number of nitrogens with one attached hydrogen (secondary N) is 1. The minimum atomic E-state index is -0.589. The summed E-state index contributed by atoms with van der Waals surface area (Å²) in [4.78, 5) is 28.4. The number of para-hydroxylation sites is 1. The zero-order valence-corrected chi connectivity index (χ0v) is 16.2. The Balaban J connectivity index is 1.92. The highest BCUT2D eigenvalue weighted by Gasteiger charge is 2.21. The van der Waals surface area contributed by atoms with Crippen LogP contribution < -0.4 is 14.8 Å². The van der Waals surface area contributed by atoms with Crippen molar-refractivity contribution in [3.63, 3.8) is 0 Å². The summed E-state index contributed by atoms with van der Waals surface area (Å²) in [6.45, 7) is 1.87. The van der Waals surface area contributed by atoms with Gasteiger partial charge in [-0.25, -0.2) is 4.98 Å². The Morgan fingerprint density at radius 2 is 1.93 bits per heavy atom. The molecule has 3 aromatic rings. The quantitative estimate of drug-likeness (QED) is 0.490. The highest BCUT2D eigenvalue weighted by Crippen LogP contribution is 2.38. The molecule has 1 heterocycles. The Morgan fingerprint density at radius 3 is 2.61 bits per heavy atom. The minimum Gasteiger partial charge on any atom is -0.497 e. The molecule has 0 fully saturated rings. The number of nitrogens with zero attached hydrogens (tertiary/aromatic N) is 2. The maximum absolute atomic E-state index is 12.5. The van der Waals surface area contributed by atoms with E-state index < -0.39 is 10.8 Å². The van der Waals surface area contributed by atoms with Gasteiger partial charge in [-0.1, -0.05) is 12.1 Å². The van der Waals surface area contributed by atoms with Gasteiger partial charge in [-0.3, -0.25) is 20.2 Å². The lowest BCUT2D eigenvalue weighted by atomic mass is 10.1. The summed E-state index contributed by atoms with van der Waals surface area (Å²) in [6, 6.07) is 11.1. The molecule has 8 nitrogen and oxygen atoms in total. The van der Waals surface area contributed by atoms with E-state index in [1.54, 1.807) is 32.4 Å². The average Bonchev–Trinajstić information content (AvgIpc) is 3.06. The first-order valence-electron chi connectivity index (χ1n) is 8.19. The van der Waals surface area contributed by atoms with Crippen LogP contribution in [-0.2, 0) is 0 Å². The van der Waals surface area contributed by atoms with Gasteiger partial charge in [-0.05, 0) is 25.1 Å². The predicted molar refractivity (Wildman–Crippen MR) is 106 cm³/mol. The van der Waals surface area contributed by atoms with Crippen molar-refractivity contribution in [3.05, 3.63) is 63.0 Å². The van der Waals surface area contributed by atoms with Crippen LogP contribution in [0.1, 0.15) is 15.2 Å². The lowest BCUT2D eigenvalue weighted by Gasteiger charge is -2.09. The Labute approximate surface area is 164 Å². The van der Waals surface area contributed by atoms with Gasteiger partial charge < -0.3 is 9.47 Å². The molecule has 0 spiro atoms. The van der Waals surface area contributed by atoms with E-state index in [1.807, 2.05) is 13.0 Å². The van der Waals surface area contributed by atoms with Crippen molar-refractivity contribution in [2.45, 2.75) is 6.92 Å². The molecule has 0 atom stereocenters. The summed E-state index contributed by atoms with van der Waals surface area (Å²) in [5.41, 5.74) is 1.12. The SMILES string of the molecule is COc1ccc(-c2nc(NC(=O)c3ccccc3[N+](=O)[O-])sc2C)c(OC)c1. The van der Waals surface area contributed by atoms with Crippen LogP contribution in [0.25, 0.3) is 11.3 Å². The molecule has 0 bridgehead atoms. The number of ether oxygens (including phenoxy) is 2. The van der Waals surface area contributed by atoms with E-state index in [2.05, 4.69) is 10.3 Å². The van der Waals surface area contributed by atoms with Crippen molar-refractivity contribution in [1.29, 1.82) is 0 Å². The number of carbonyl (C=O) groups excluding carboxylic acids is 1. The van der Waals surface area contributed by atoms with Crippen molar-refractivity contribution in [2.75, 3.05) is 19.5 Å². The van der Waals surface area contributed by atoms with Gasteiger partial charge in [0.2, 0.25) is 0 Å². The molecular weight excluding hydrogens is 382 g/mol. The largest absolute Gasteiger partial charge is 0.497 e. The van der Waals surface area contributed by atoms with E-state index in [-0.39, 0.29) is 11.3 Å². The zero-order valence-electron chi connectivity index (χ0n) is 15.4. The number of thiazole rings is 1. The maximum atomic E-state index is 12.5. The number of rotatable bonds is 6. The second kappa shape index (κ2) is 8.05. The minimum absolute atomic E-state index is 0.0241. The smallest absolute Gasteiger partial charge is 0.282 e. The lowest BCUT2D eigenvalue weighted by molar-refractivity contribution is -0.385. The molecule has 28 heavy (non-hydrogen) atoms. The van der Waals surface area contributed by atoms with Crippen molar-refractivity contribution in [1.82, 2.24) is 4.98 Å². The summed E-state index contributed by atoms with van der Waals surface area (Å²) in [6.07, 6.45) is 0. The van der Waals surface area contributed by atoms with Crippen LogP contribution in [0.4, 0.5) is 10.8 Å². The van der Waals surface area contributed by atoms with Gasteiger partial charge >= 0.3 is 0 Å². The van der Waals surface area contributed by atoms with Crippen LogP contribution in [0.3, 0.4) is 0 Å². The number of nitro groups is 1. The van der Waals surface area contributed by atoms with Crippen molar-refractivity contribution in [2.24, 2.45) is 0 Å². The van der Waals surface area contributed by atoms with Crippen LogP contribution >= 0.6 is 11.3 Å². The number of nitro benzene ring substituents is 1. The van der Waals surface area contributed by atoms with Gasteiger partial charge in [0.1, 0.15) is 17.1 Å². The van der Waals surface area contributed by atoms with Gasteiger partial charge in [0.25, 0.3) is 11.6 Å². The summed E-state index contributed by atoms with van der Waals surface area (Å²) < 4.78 is 10.6. The van der Waals surface area contributed by atoms with Gasteiger partial charge in [0, 0.05) is 22.6 Å². The average molecular weight is 399 g/mol. The Bertz CT molecular complexity index is 1050. The summed E-state index contributed by atoms with van der Waals surface area (Å²) in [5, 5.41) is 14.1. The summed E-state index contributed by atoms with van der Waals surface area (Å²) in [5.74, 6) is 0.650. The Hall–Kier alpha value is -3.46. The first-order chi connectivity index (χ1) is 13.4. The molecule has 1 aromatic heterocycles. The number of benzene rings is 2. The molecule has 0 unspecified atom stereocenters. The normalized spacial score (nSPS) is 10.4. The van der Waals surface area contributed by atoms with Crippen LogP contribution in [0.5, 0.6) is 11.5 Å². The topological polar surface area (TPSA) is 104 Å². The van der Waals surface area contributed by atoms with Gasteiger partial charge in [-0.2, -0.15) is 0 Å². The molecule has 0 aliphatic heterocycles. The fourth-order valence-corrected chi connectivity index (χ4v) is 3.51. The predicted octanol–water partition coefficient (Wildman–Crippen LogP) is 4.30. The number of hydrogen-bond donors (Lipinski definition) is 1. The van der Waals surface area contributed by atoms with Gasteiger partial charge in [-0.15, -0.1) is 11.3 Å². The molecule has 2 aromatic carbocycles. The summed E-state index contributed by atoms with van der Waals surface area (Å²) >= 11 is 1.28. The molecule has 0 aliphatic carbocycles. The van der Waals surface area contributed by atoms with E-state index in [0.29, 0.717) is 22.3 Å². The second-order valence-electron chi connectivity index (χ2n) is 5.72. The molecule has 0 radical (unpaired) electrons. The molecule has 1 N–H and O–H groups in total. The molecule has 1 amide bonds. The van der Waals surface area contributed by atoms with Crippen LogP contribution in [-0.4, -0.2) is 30.0 Å². The van der Waals surface area contributed by atoms with Crippen LogP contribution in [0.2, 0.25) is 0 Å². The highest BCUT2D eigenvalue weighted by atomic mass is 32.1. The van der Waals surface area contributed by atoms with Crippen LogP contribution in [0.15, 0.2) is 42.5 Å². The van der Waals surface area contributed by atoms with E-state index in [0.717, 1.165) is 10.4 Å². The fraction of sp³-hybridized carbons (Fsp3) is 0.158. The fourth-order valence-electron chi connectivity index (χ4n) is 2.68. The standard InChI is InChI=1S/C19H17N3O5S/c1-11-17(14-9-8-12(26-2)10-16(14)27-3)20-19(28-11)21-18(23)13-6-4-5-7-15(13)22(24)25/h4-10H,1-3H3,(H,20,21,23). The number of anilines is 1. The molecular formula is C19H17N3O5S. The van der Waals surface area contributed by atoms with Crippen molar-refractivity contribution >= 4 is 28.1 Å². The van der Waals surface area contributed by atoms with E-state index in [1.165, 1.54) is 29.5 Å². The van der Waals surface area contributed by atoms with E-state index in [9.17, 15) is 14.9 Å². The molecule has 3 rings (SSSR count). The number of hydrogen-bond acceptors (Lipinski definition) is 7. The third kappa shape index (κ3) is 3.79. The first-order valence-corrected chi connectivity index (χ1v) is 9.00. The second-order valence-corrected chi connectivity index (χ2v) is 6.92. The highest BCUT2D eigenvalue weighted by molar-refractivity contribution is 7.16. The van der Waals surface area contributed by atoms with Crippen LogP contribution in [0, 0.1) is 17.0 Å². The maximum Gasteiger partial charge on any atom is 0.282 e. The summed E-state index contributed by atoms with van der Waals surface area (Å²) in [7, 11) is 3.12.